The van der Waals surface area contributed by atoms with Gasteiger partial charge in [-0.3, -0.25) is 19.5 Å². The van der Waals surface area contributed by atoms with Crippen LogP contribution < -0.4 is 4.90 Å². The highest BCUT2D eigenvalue weighted by atomic mass is 16.6. The van der Waals surface area contributed by atoms with E-state index in [0.29, 0.717) is 25.9 Å². The number of nitrogens with zero attached hydrogens (tertiary/aromatic N) is 4. The Labute approximate surface area is 202 Å². The van der Waals surface area contributed by atoms with Gasteiger partial charge >= 0.3 is 12.1 Å². The van der Waals surface area contributed by atoms with Crippen LogP contribution in [0, 0.1) is 23.2 Å². The Morgan fingerprint density at radius 2 is 2.06 bits per heavy atom. The third kappa shape index (κ3) is 3.13. The summed E-state index contributed by atoms with van der Waals surface area (Å²) in [5.41, 5.74) is 3.97. The van der Waals surface area contributed by atoms with E-state index in [-0.39, 0.29) is 42.5 Å². The van der Waals surface area contributed by atoms with E-state index in [9.17, 15) is 19.6 Å². The van der Waals surface area contributed by atoms with Crippen molar-refractivity contribution in [3.05, 3.63) is 47.8 Å². The van der Waals surface area contributed by atoms with Crippen LogP contribution in [-0.4, -0.2) is 60.7 Å². The number of cyclic esters (lactones) is 1. The maximum Gasteiger partial charge on any atom is 0.415 e. The summed E-state index contributed by atoms with van der Waals surface area (Å²) in [5, 5.41) is 9.91. The number of hydrogen-bond acceptors (Lipinski definition) is 7. The summed E-state index contributed by atoms with van der Waals surface area (Å²) in [6.07, 6.45) is 3.20. The van der Waals surface area contributed by atoms with Crippen LogP contribution in [-0.2, 0) is 30.9 Å². The number of amides is 2. The molecule has 4 heterocycles. The Hall–Kier alpha value is -3.93. The van der Waals surface area contributed by atoms with Gasteiger partial charge in [-0.2, -0.15) is 5.26 Å². The highest BCUT2D eigenvalue weighted by Crippen LogP contribution is 2.62. The average molecular weight is 473 g/mol. The van der Waals surface area contributed by atoms with Gasteiger partial charge in [0.15, 0.2) is 0 Å². The summed E-state index contributed by atoms with van der Waals surface area (Å²) in [7, 11) is 1.35. The molecule has 2 aromatic rings. The van der Waals surface area contributed by atoms with Crippen LogP contribution in [0.2, 0.25) is 0 Å². The lowest BCUT2D eigenvalue weighted by molar-refractivity contribution is -0.141. The van der Waals surface area contributed by atoms with Crippen molar-refractivity contribution in [1.82, 2.24) is 9.88 Å². The van der Waals surface area contributed by atoms with Crippen LogP contribution in [0.25, 0.3) is 11.1 Å². The molecule has 1 saturated carbocycles. The molecule has 0 radical (unpaired) electrons. The zero-order valence-electron chi connectivity index (χ0n) is 19.2. The number of benzene rings is 1. The van der Waals surface area contributed by atoms with Crippen molar-refractivity contribution in [2.75, 3.05) is 25.1 Å². The Morgan fingerprint density at radius 1 is 1.29 bits per heavy atom. The molecule has 3 aliphatic heterocycles. The van der Waals surface area contributed by atoms with Crippen molar-refractivity contribution < 1.29 is 23.9 Å². The van der Waals surface area contributed by atoms with Crippen LogP contribution in [0.15, 0.2) is 36.5 Å². The molecular weight excluding hydrogens is 448 g/mol. The Bertz CT molecular complexity index is 1260. The van der Waals surface area contributed by atoms with E-state index in [1.807, 2.05) is 24.3 Å². The van der Waals surface area contributed by atoms with Crippen LogP contribution in [0.3, 0.4) is 0 Å². The highest BCUT2D eigenvalue weighted by Gasteiger charge is 2.70. The topological polar surface area (TPSA) is 113 Å². The van der Waals surface area contributed by atoms with Crippen molar-refractivity contribution >= 4 is 24.2 Å². The number of esters is 1. The smallest absolute Gasteiger partial charge is 0.415 e. The molecule has 1 unspecified atom stereocenters. The minimum absolute atomic E-state index is 0.131. The van der Waals surface area contributed by atoms with Gasteiger partial charge in [0.1, 0.15) is 11.5 Å². The lowest BCUT2D eigenvalue weighted by Gasteiger charge is -2.18. The number of carbonyl (C=O) groups excluding carboxylic acids is 3. The number of anilines is 1. The number of aromatic nitrogens is 1. The molecule has 2 amide bonds. The first kappa shape index (κ1) is 21.6. The van der Waals surface area contributed by atoms with Gasteiger partial charge in [-0.05, 0) is 42.2 Å². The molecule has 178 valence electrons. The van der Waals surface area contributed by atoms with Gasteiger partial charge in [0.05, 0.1) is 30.6 Å². The molecule has 5 atom stereocenters. The third-order valence-corrected chi connectivity index (χ3v) is 8.10. The lowest BCUT2D eigenvalue weighted by Crippen LogP contribution is -2.33. The van der Waals surface area contributed by atoms with E-state index in [1.54, 1.807) is 16.0 Å². The fourth-order valence-corrected chi connectivity index (χ4v) is 6.23. The van der Waals surface area contributed by atoms with Crippen LogP contribution in [0.4, 0.5) is 10.5 Å². The molecule has 6 rings (SSSR count). The molecule has 1 aliphatic carbocycles. The van der Waals surface area contributed by atoms with Gasteiger partial charge in [0.2, 0.25) is 6.41 Å². The first-order valence-corrected chi connectivity index (χ1v) is 11.8. The number of piperidine rings is 1. The molecule has 1 aromatic carbocycles. The maximum atomic E-state index is 12.5. The summed E-state index contributed by atoms with van der Waals surface area (Å²) >= 11 is 0. The van der Waals surface area contributed by atoms with Crippen molar-refractivity contribution in [2.45, 2.75) is 36.8 Å². The second-order valence-corrected chi connectivity index (χ2v) is 9.71. The summed E-state index contributed by atoms with van der Waals surface area (Å²) in [6, 6.07) is 12.2. The molecular formula is C26H24N4O5. The molecule has 2 saturated heterocycles. The summed E-state index contributed by atoms with van der Waals surface area (Å²) in [5.74, 6) is -0.0184. The Balaban J connectivity index is 1.20. The number of nitriles is 1. The van der Waals surface area contributed by atoms with Gasteiger partial charge in [-0.25, -0.2) is 4.79 Å². The summed E-state index contributed by atoms with van der Waals surface area (Å²) in [6.45, 7) is 1.22. The largest absolute Gasteiger partial charge is 0.469 e. The zero-order valence-corrected chi connectivity index (χ0v) is 19.2. The molecule has 0 N–H and O–H groups in total. The fourth-order valence-electron chi connectivity index (χ4n) is 6.23. The van der Waals surface area contributed by atoms with Crippen molar-refractivity contribution in [3.8, 4) is 17.2 Å². The van der Waals surface area contributed by atoms with Crippen molar-refractivity contribution in [2.24, 2.45) is 11.8 Å². The minimum Gasteiger partial charge on any atom is -0.469 e. The van der Waals surface area contributed by atoms with E-state index < -0.39 is 5.41 Å². The SMILES string of the molecule is COC(=O)CC[C@@H]1OC(=O)N2c3ccc(-c4ccc(C5(C#N)[C@@H]6CN(C=O)C[C@@H]65)nc4)cc3C[C@@H]12. The van der Waals surface area contributed by atoms with Crippen molar-refractivity contribution in [3.63, 3.8) is 0 Å². The van der Waals surface area contributed by atoms with Gasteiger partial charge in [0, 0.05) is 43.1 Å². The van der Waals surface area contributed by atoms with E-state index in [1.165, 1.54) is 7.11 Å². The lowest BCUT2D eigenvalue weighted by atomic mass is 9.95. The van der Waals surface area contributed by atoms with E-state index in [4.69, 9.17) is 9.47 Å². The first-order valence-electron chi connectivity index (χ1n) is 11.8. The number of rotatable bonds is 6. The Kier molecular flexibility index (Phi) is 4.81. The van der Waals surface area contributed by atoms with E-state index >= 15 is 0 Å². The third-order valence-electron chi connectivity index (χ3n) is 8.10. The van der Waals surface area contributed by atoms with Gasteiger partial charge in [-0.1, -0.05) is 12.1 Å². The molecule has 9 heteroatoms. The van der Waals surface area contributed by atoms with Crippen LogP contribution in [0.1, 0.15) is 24.1 Å². The number of likely N-dealkylation sites (tertiary alicyclic amines) is 1. The number of fused-ring (bicyclic) bond motifs is 4. The van der Waals surface area contributed by atoms with Gasteiger partial charge < -0.3 is 14.4 Å². The number of carbonyl (C=O) groups is 3. The second-order valence-electron chi connectivity index (χ2n) is 9.71. The molecule has 9 nitrogen and oxygen atoms in total. The maximum absolute atomic E-state index is 12.5. The zero-order chi connectivity index (χ0) is 24.3. The normalized spacial score (nSPS) is 29.7. The van der Waals surface area contributed by atoms with Gasteiger partial charge in [0.25, 0.3) is 0 Å². The minimum atomic E-state index is -0.597. The van der Waals surface area contributed by atoms with Crippen molar-refractivity contribution in [1.29, 1.82) is 5.26 Å². The van der Waals surface area contributed by atoms with E-state index in [2.05, 4.69) is 17.1 Å². The standard InChI is InChI=1S/C26H24N4O5/c1-34-24(32)7-5-22-21-9-17-8-15(2-4-20(17)30(21)25(33)35-22)16-3-6-23(28-10-16)26(13-27)18-11-29(14-31)12-19(18)26/h2-4,6,8,10,14,18-19,21-22H,5,7,9,11-12H2,1H3/t18-,19+,21-,22-,26?/m0/s1. The summed E-state index contributed by atoms with van der Waals surface area (Å²) in [4.78, 5) is 43.2. The molecule has 3 fully saturated rings. The summed E-state index contributed by atoms with van der Waals surface area (Å²) < 4.78 is 10.2. The predicted molar refractivity (Wildman–Crippen MR) is 123 cm³/mol. The number of pyridine rings is 1. The Morgan fingerprint density at radius 3 is 2.71 bits per heavy atom. The quantitative estimate of drug-likeness (QED) is 0.469. The van der Waals surface area contributed by atoms with Crippen LogP contribution in [0.5, 0.6) is 0 Å². The molecule has 0 bridgehead atoms. The monoisotopic (exact) mass is 472 g/mol. The fraction of sp³-hybridized carbons (Fsp3) is 0.423. The van der Waals surface area contributed by atoms with Crippen LogP contribution >= 0.6 is 0 Å². The molecule has 0 spiro atoms. The number of hydrogen-bond donors (Lipinski definition) is 0. The number of methoxy groups -OCH3 is 1. The number of ether oxygens (including phenoxy) is 2. The molecule has 35 heavy (non-hydrogen) atoms. The predicted octanol–water partition coefficient (Wildman–Crippen LogP) is 2.43. The van der Waals surface area contributed by atoms with Gasteiger partial charge in [-0.15, -0.1) is 0 Å². The first-order chi connectivity index (χ1) is 17.0. The molecule has 4 aliphatic rings. The van der Waals surface area contributed by atoms with E-state index in [0.717, 1.165) is 34.5 Å². The second kappa shape index (κ2) is 7.80. The molecule has 1 aromatic heterocycles. The highest BCUT2D eigenvalue weighted by molar-refractivity contribution is 5.94. The average Bonchev–Trinajstić information content (AvgIpc) is 3.25.